The van der Waals surface area contributed by atoms with E-state index in [2.05, 4.69) is 10.1 Å². The van der Waals surface area contributed by atoms with Crippen LogP contribution in [-0.4, -0.2) is 29.7 Å². The van der Waals surface area contributed by atoms with Gasteiger partial charge in [-0.15, -0.1) is 12.4 Å². The number of non-ortho nitro benzene ring substituents is 1. The Bertz CT molecular complexity index is 906. The Morgan fingerprint density at radius 1 is 1.28 bits per heavy atom. The Kier molecular flexibility index (Phi) is 5.17. The molecule has 136 valence electrons. The summed E-state index contributed by atoms with van der Waals surface area (Å²) in [5.41, 5.74) is 5.40. The van der Waals surface area contributed by atoms with E-state index in [0.29, 0.717) is 5.82 Å². The van der Waals surface area contributed by atoms with Gasteiger partial charge in [0.15, 0.2) is 15.7 Å². The lowest BCUT2D eigenvalue weighted by atomic mass is 9.99. The van der Waals surface area contributed by atoms with E-state index in [1.807, 2.05) is 0 Å². The minimum atomic E-state index is -3.63. The number of nitro benzene ring substituents is 1. The predicted octanol–water partition coefficient (Wildman–Crippen LogP) is 2.20. The van der Waals surface area contributed by atoms with Crippen molar-refractivity contribution in [3.63, 3.8) is 0 Å². The summed E-state index contributed by atoms with van der Waals surface area (Å²) in [6.07, 6.45) is 4.37. The molecule has 0 radical (unpaired) electrons. The smallest absolute Gasteiger partial charge is 0.271 e. The number of sulfone groups is 1. The van der Waals surface area contributed by atoms with E-state index in [0.717, 1.165) is 38.0 Å². The van der Waals surface area contributed by atoms with Crippen molar-refractivity contribution in [1.29, 1.82) is 0 Å². The number of nitro groups is 1. The first-order valence-corrected chi connectivity index (χ1v) is 9.21. The fraction of sp³-hybridized carbons (Fsp3) is 0.429. The summed E-state index contributed by atoms with van der Waals surface area (Å²) in [5, 5.41) is 14.9. The number of rotatable bonds is 4. The summed E-state index contributed by atoms with van der Waals surface area (Å²) in [5.74, 6) is 0.345. The molecular formula is C14H17ClN4O5S. The maximum Gasteiger partial charge on any atom is 0.271 e. The predicted molar refractivity (Wildman–Crippen MR) is 91.1 cm³/mol. The van der Waals surface area contributed by atoms with Gasteiger partial charge < -0.3 is 10.3 Å². The standard InChI is InChI=1S/C14H16N4O5S.ClH/c1-24(21,22)11-7-9(6-10(8-11)18(19)20)12-16-13(17-23-12)14(15)4-2-3-5-14;/h6-8H,2-5,15H2,1H3;1H. The van der Waals surface area contributed by atoms with E-state index < -0.39 is 20.3 Å². The van der Waals surface area contributed by atoms with Crippen molar-refractivity contribution in [3.8, 4) is 11.5 Å². The molecule has 2 N–H and O–H groups in total. The molecule has 1 fully saturated rings. The second kappa shape index (κ2) is 6.70. The maximum absolute atomic E-state index is 11.7. The highest BCUT2D eigenvalue weighted by Crippen LogP contribution is 2.36. The molecule has 11 heteroatoms. The molecule has 1 aliphatic rings. The number of hydrogen-bond acceptors (Lipinski definition) is 8. The number of nitrogens with two attached hydrogens (primary N) is 1. The lowest BCUT2D eigenvalue weighted by Crippen LogP contribution is -2.34. The van der Waals surface area contributed by atoms with E-state index in [1.165, 1.54) is 12.1 Å². The Morgan fingerprint density at radius 2 is 1.92 bits per heavy atom. The third kappa shape index (κ3) is 3.80. The number of hydrogen-bond donors (Lipinski definition) is 1. The Labute approximate surface area is 150 Å². The van der Waals surface area contributed by atoms with Crippen LogP contribution >= 0.6 is 12.4 Å². The SMILES string of the molecule is CS(=O)(=O)c1cc(-c2nc(C3(N)CCCC3)no2)cc([N+](=O)[O-])c1.Cl. The zero-order valence-corrected chi connectivity index (χ0v) is 15.0. The van der Waals surface area contributed by atoms with Crippen molar-refractivity contribution in [2.24, 2.45) is 5.73 Å². The fourth-order valence-electron chi connectivity index (χ4n) is 2.80. The van der Waals surface area contributed by atoms with Gasteiger partial charge in [-0.25, -0.2) is 8.42 Å². The van der Waals surface area contributed by atoms with Gasteiger partial charge in [0.25, 0.3) is 11.6 Å². The topological polar surface area (TPSA) is 142 Å². The summed E-state index contributed by atoms with van der Waals surface area (Å²) in [6.45, 7) is 0. The molecule has 25 heavy (non-hydrogen) atoms. The highest BCUT2D eigenvalue weighted by molar-refractivity contribution is 7.90. The van der Waals surface area contributed by atoms with Gasteiger partial charge in [0.2, 0.25) is 0 Å². The van der Waals surface area contributed by atoms with Gasteiger partial charge in [-0.2, -0.15) is 4.98 Å². The Morgan fingerprint density at radius 3 is 2.48 bits per heavy atom. The third-order valence-electron chi connectivity index (χ3n) is 4.14. The molecule has 3 rings (SSSR count). The van der Waals surface area contributed by atoms with Gasteiger partial charge in [-0.1, -0.05) is 18.0 Å². The van der Waals surface area contributed by atoms with Gasteiger partial charge in [0.05, 0.1) is 15.4 Å². The van der Waals surface area contributed by atoms with E-state index >= 15 is 0 Å². The number of aromatic nitrogens is 2. The van der Waals surface area contributed by atoms with Crippen molar-refractivity contribution in [2.45, 2.75) is 36.1 Å². The maximum atomic E-state index is 11.7. The molecule has 0 saturated heterocycles. The van der Waals surface area contributed by atoms with Crippen LogP contribution < -0.4 is 5.73 Å². The first kappa shape index (κ1) is 19.3. The molecular weight excluding hydrogens is 372 g/mol. The largest absolute Gasteiger partial charge is 0.334 e. The summed E-state index contributed by atoms with van der Waals surface area (Å²) < 4.78 is 28.7. The zero-order chi connectivity index (χ0) is 17.5. The van der Waals surface area contributed by atoms with E-state index in [9.17, 15) is 18.5 Å². The summed E-state index contributed by atoms with van der Waals surface area (Å²) in [6, 6.07) is 3.47. The first-order chi connectivity index (χ1) is 11.2. The van der Waals surface area contributed by atoms with E-state index in [1.54, 1.807) is 0 Å². The molecule has 1 aromatic carbocycles. The van der Waals surface area contributed by atoms with Crippen LogP contribution in [-0.2, 0) is 15.4 Å². The monoisotopic (exact) mass is 388 g/mol. The van der Waals surface area contributed by atoms with Crippen molar-refractivity contribution in [2.75, 3.05) is 6.26 Å². The molecule has 1 aromatic heterocycles. The average Bonchev–Trinajstić information content (AvgIpc) is 3.15. The third-order valence-corrected chi connectivity index (χ3v) is 5.24. The second-order valence-electron chi connectivity index (χ2n) is 6.03. The van der Waals surface area contributed by atoms with Gasteiger partial charge in [-0.05, 0) is 18.9 Å². The van der Waals surface area contributed by atoms with Crippen LogP contribution in [0.1, 0.15) is 31.5 Å². The van der Waals surface area contributed by atoms with Crippen LogP contribution in [0.15, 0.2) is 27.6 Å². The van der Waals surface area contributed by atoms with Gasteiger partial charge in [0.1, 0.15) is 0 Å². The molecule has 0 aliphatic heterocycles. The molecule has 0 atom stereocenters. The van der Waals surface area contributed by atoms with E-state index in [4.69, 9.17) is 10.3 Å². The minimum absolute atomic E-state index is 0. The first-order valence-electron chi connectivity index (χ1n) is 7.32. The Hall–Kier alpha value is -2.04. The normalized spacial score (nSPS) is 16.4. The molecule has 1 aliphatic carbocycles. The quantitative estimate of drug-likeness (QED) is 0.620. The second-order valence-corrected chi connectivity index (χ2v) is 8.05. The van der Waals surface area contributed by atoms with Gasteiger partial charge in [-0.3, -0.25) is 10.1 Å². The molecule has 1 saturated carbocycles. The molecule has 0 unspecified atom stereocenters. The van der Waals surface area contributed by atoms with Crippen molar-refractivity contribution < 1.29 is 17.9 Å². The summed E-state index contributed by atoms with van der Waals surface area (Å²) in [7, 11) is -3.63. The molecule has 0 spiro atoms. The molecule has 9 nitrogen and oxygen atoms in total. The Balaban J connectivity index is 0.00000225. The lowest BCUT2D eigenvalue weighted by Gasteiger charge is -2.17. The lowest BCUT2D eigenvalue weighted by molar-refractivity contribution is -0.385. The van der Waals surface area contributed by atoms with Crippen LogP contribution in [0.5, 0.6) is 0 Å². The van der Waals surface area contributed by atoms with Crippen LogP contribution in [0, 0.1) is 10.1 Å². The summed E-state index contributed by atoms with van der Waals surface area (Å²) in [4.78, 5) is 14.4. The fourth-order valence-corrected chi connectivity index (χ4v) is 3.47. The number of benzene rings is 1. The molecule has 1 heterocycles. The molecule has 0 amide bonds. The highest BCUT2D eigenvalue weighted by Gasteiger charge is 2.36. The van der Waals surface area contributed by atoms with Crippen LogP contribution in [0.25, 0.3) is 11.5 Å². The highest BCUT2D eigenvalue weighted by atomic mass is 35.5. The van der Waals surface area contributed by atoms with Crippen molar-refractivity contribution in [1.82, 2.24) is 10.1 Å². The minimum Gasteiger partial charge on any atom is -0.334 e. The molecule has 2 aromatic rings. The number of halogens is 1. The summed E-state index contributed by atoms with van der Waals surface area (Å²) >= 11 is 0. The average molecular weight is 389 g/mol. The zero-order valence-electron chi connectivity index (χ0n) is 13.3. The van der Waals surface area contributed by atoms with Crippen LogP contribution in [0.2, 0.25) is 0 Å². The van der Waals surface area contributed by atoms with Gasteiger partial charge >= 0.3 is 0 Å². The van der Waals surface area contributed by atoms with Gasteiger partial charge in [0, 0.05) is 24.0 Å². The van der Waals surface area contributed by atoms with Crippen LogP contribution in [0.3, 0.4) is 0 Å². The van der Waals surface area contributed by atoms with E-state index in [-0.39, 0.29) is 34.4 Å². The van der Waals surface area contributed by atoms with Crippen molar-refractivity contribution in [3.05, 3.63) is 34.1 Å². The molecule has 0 bridgehead atoms. The number of nitrogens with zero attached hydrogens (tertiary/aromatic N) is 3. The van der Waals surface area contributed by atoms with Crippen molar-refractivity contribution >= 4 is 27.9 Å². The van der Waals surface area contributed by atoms with Crippen LogP contribution in [0.4, 0.5) is 5.69 Å².